The highest BCUT2D eigenvalue weighted by Gasteiger charge is 2.26. The molecule has 0 unspecified atom stereocenters. The highest BCUT2D eigenvalue weighted by molar-refractivity contribution is 6.12. The Balaban J connectivity index is 1.29. The largest absolute Gasteiger partial charge is 0.452 e. The number of hydrogen-bond acceptors (Lipinski definition) is 1. The molecule has 0 bridgehead atoms. The van der Waals surface area contributed by atoms with Gasteiger partial charge in [-0.25, -0.2) is 0 Å². The van der Waals surface area contributed by atoms with Gasteiger partial charge in [0.1, 0.15) is 0 Å². The predicted molar refractivity (Wildman–Crippen MR) is 161 cm³/mol. The summed E-state index contributed by atoms with van der Waals surface area (Å²) in [6.45, 7) is 0. The molecule has 0 atom stereocenters. The van der Waals surface area contributed by atoms with Crippen molar-refractivity contribution in [2.45, 2.75) is 0 Å². The normalized spacial score (nSPS) is 12.3. The van der Waals surface area contributed by atoms with Crippen LogP contribution in [-0.2, 0) is 0 Å². The van der Waals surface area contributed by atoms with Crippen molar-refractivity contribution in [3.8, 4) is 34.0 Å². The third-order valence-corrected chi connectivity index (χ3v) is 8.10. The van der Waals surface area contributed by atoms with Gasteiger partial charge in [-0.15, -0.1) is 0 Å². The van der Waals surface area contributed by atoms with Crippen LogP contribution in [0.25, 0.3) is 66.1 Å². The predicted octanol–water partition coefficient (Wildman–Crippen LogP) is 9.65. The average molecular weight is 499 g/mol. The van der Waals surface area contributed by atoms with Crippen molar-refractivity contribution in [2.75, 3.05) is 0 Å². The maximum absolute atomic E-state index is 6.71. The molecule has 3 heterocycles. The number of rotatable bonds is 2. The zero-order valence-electron chi connectivity index (χ0n) is 21.0. The molecule has 8 aromatic rings. The van der Waals surface area contributed by atoms with Crippen molar-refractivity contribution in [2.24, 2.45) is 0 Å². The molecule has 0 saturated carbocycles. The summed E-state index contributed by atoms with van der Waals surface area (Å²) >= 11 is 0. The first-order valence-corrected chi connectivity index (χ1v) is 13.3. The Morgan fingerprint density at radius 2 is 1.05 bits per heavy atom. The highest BCUT2D eigenvalue weighted by atomic mass is 16.5. The van der Waals surface area contributed by atoms with E-state index in [1.807, 2.05) is 0 Å². The van der Waals surface area contributed by atoms with E-state index in [1.165, 1.54) is 38.1 Å². The zero-order chi connectivity index (χ0) is 25.5. The minimum absolute atomic E-state index is 0.887. The summed E-state index contributed by atoms with van der Waals surface area (Å²) in [5.41, 5.74) is 9.14. The van der Waals surface area contributed by atoms with Gasteiger partial charge in [0, 0.05) is 32.8 Å². The summed E-state index contributed by atoms with van der Waals surface area (Å²) in [6, 6.07) is 47.5. The average Bonchev–Trinajstić information content (AvgIpc) is 3.52. The van der Waals surface area contributed by atoms with Gasteiger partial charge in [0.2, 0.25) is 0 Å². The van der Waals surface area contributed by atoms with E-state index in [0.29, 0.717) is 0 Å². The number of fused-ring (bicyclic) bond motifs is 8. The molecule has 0 aliphatic carbocycles. The molecular weight excluding hydrogens is 476 g/mol. The standard InChI is InChI=1S/C36H22N2O/c1-4-17-30-26(12-1)27-13-2-5-18-31(27)37(30)24-11-7-10-23(22-24)25-15-8-20-33-36(25)39-34-21-9-16-29-28-14-3-6-19-32(28)38(33)35(29)34/h1-22H. The van der Waals surface area contributed by atoms with Crippen LogP contribution in [0, 0.1) is 0 Å². The third kappa shape index (κ3) is 2.76. The summed E-state index contributed by atoms with van der Waals surface area (Å²) in [7, 11) is 0. The third-order valence-electron chi connectivity index (χ3n) is 8.10. The first-order valence-electron chi connectivity index (χ1n) is 13.3. The molecule has 182 valence electrons. The van der Waals surface area contributed by atoms with Crippen LogP contribution in [0.4, 0.5) is 0 Å². The van der Waals surface area contributed by atoms with Gasteiger partial charge in [-0.2, -0.15) is 0 Å². The van der Waals surface area contributed by atoms with E-state index >= 15 is 0 Å². The number of para-hydroxylation sites is 5. The van der Waals surface area contributed by atoms with E-state index in [1.54, 1.807) is 0 Å². The van der Waals surface area contributed by atoms with Crippen molar-refractivity contribution >= 4 is 43.6 Å². The van der Waals surface area contributed by atoms with Crippen LogP contribution >= 0.6 is 0 Å². The van der Waals surface area contributed by atoms with Gasteiger partial charge in [0.15, 0.2) is 11.5 Å². The summed E-state index contributed by atoms with van der Waals surface area (Å²) < 4.78 is 11.4. The first kappa shape index (κ1) is 20.7. The lowest BCUT2D eigenvalue weighted by atomic mass is 10.0. The molecule has 9 rings (SSSR count). The van der Waals surface area contributed by atoms with Crippen LogP contribution in [0.3, 0.4) is 0 Å². The van der Waals surface area contributed by atoms with Gasteiger partial charge in [-0.05, 0) is 48.0 Å². The molecule has 3 nitrogen and oxygen atoms in total. The molecule has 1 aliphatic heterocycles. The van der Waals surface area contributed by atoms with Crippen LogP contribution in [-0.4, -0.2) is 9.13 Å². The Morgan fingerprint density at radius 3 is 1.79 bits per heavy atom. The number of nitrogens with zero attached hydrogens (tertiary/aromatic N) is 2. The molecule has 3 heteroatoms. The van der Waals surface area contributed by atoms with Gasteiger partial charge in [0.05, 0.1) is 27.8 Å². The van der Waals surface area contributed by atoms with E-state index < -0.39 is 0 Å². The number of hydrogen-bond donors (Lipinski definition) is 0. The van der Waals surface area contributed by atoms with E-state index in [2.05, 4.69) is 143 Å². The topological polar surface area (TPSA) is 19.1 Å². The van der Waals surface area contributed by atoms with Crippen LogP contribution in [0.15, 0.2) is 133 Å². The van der Waals surface area contributed by atoms with E-state index in [-0.39, 0.29) is 0 Å². The fourth-order valence-electron chi connectivity index (χ4n) is 6.48. The SMILES string of the molecule is c1cc(-c2cccc3c2Oc2cccc4c5ccccc5n-3c24)cc(-n2c3ccccc3c3ccccc32)c1. The molecular formula is C36H22N2O. The molecule has 0 spiro atoms. The number of aromatic nitrogens is 2. The zero-order valence-corrected chi connectivity index (χ0v) is 21.0. The smallest absolute Gasteiger partial charge is 0.159 e. The fraction of sp³-hybridized carbons (Fsp3) is 0. The van der Waals surface area contributed by atoms with E-state index in [4.69, 9.17) is 4.74 Å². The number of benzene rings is 6. The molecule has 0 fully saturated rings. The second-order valence-corrected chi connectivity index (χ2v) is 10.2. The lowest BCUT2D eigenvalue weighted by molar-refractivity contribution is 0.478. The maximum atomic E-state index is 6.71. The van der Waals surface area contributed by atoms with Gasteiger partial charge in [0.25, 0.3) is 0 Å². The summed E-state index contributed by atoms with van der Waals surface area (Å²) in [5, 5.41) is 4.98. The molecule has 6 aromatic carbocycles. The van der Waals surface area contributed by atoms with E-state index in [9.17, 15) is 0 Å². The summed E-state index contributed by atoms with van der Waals surface area (Å²) in [5.74, 6) is 1.78. The Bertz CT molecular complexity index is 2210. The number of ether oxygens (including phenoxy) is 1. The Hall–Kier alpha value is -5.28. The van der Waals surface area contributed by atoms with Crippen molar-refractivity contribution in [3.63, 3.8) is 0 Å². The first-order chi connectivity index (χ1) is 19.4. The Morgan fingerprint density at radius 1 is 0.462 bits per heavy atom. The van der Waals surface area contributed by atoms with Crippen LogP contribution in [0.2, 0.25) is 0 Å². The molecule has 0 radical (unpaired) electrons. The van der Waals surface area contributed by atoms with Crippen molar-refractivity contribution in [1.82, 2.24) is 9.13 Å². The van der Waals surface area contributed by atoms with E-state index in [0.717, 1.165) is 39.5 Å². The highest BCUT2D eigenvalue weighted by Crippen LogP contribution is 2.48. The quantitative estimate of drug-likeness (QED) is 0.232. The molecule has 39 heavy (non-hydrogen) atoms. The summed E-state index contributed by atoms with van der Waals surface area (Å²) in [4.78, 5) is 0. The minimum Gasteiger partial charge on any atom is -0.452 e. The second kappa shape index (κ2) is 7.62. The lowest BCUT2D eigenvalue weighted by Gasteiger charge is -2.23. The van der Waals surface area contributed by atoms with Crippen molar-refractivity contribution < 1.29 is 4.74 Å². The van der Waals surface area contributed by atoms with Gasteiger partial charge < -0.3 is 13.9 Å². The maximum Gasteiger partial charge on any atom is 0.159 e. The van der Waals surface area contributed by atoms with Crippen LogP contribution in [0.5, 0.6) is 11.5 Å². The molecule has 0 saturated heterocycles. The van der Waals surface area contributed by atoms with Crippen molar-refractivity contribution in [1.29, 1.82) is 0 Å². The molecule has 2 aromatic heterocycles. The Labute approximate surface area is 224 Å². The minimum atomic E-state index is 0.887. The Kier molecular flexibility index (Phi) is 4.05. The lowest BCUT2D eigenvalue weighted by Crippen LogP contribution is -2.05. The van der Waals surface area contributed by atoms with Gasteiger partial charge in [-0.1, -0.05) is 91.0 Å². The molecule has 0 N–H and O–H groups in total. The molecule has 0 amide bonds. The molecule has 1 aliphatic rings. The summed E-state index contributed by atoms with van der Waals surface area (Å²) in [6.07, 6.45) is 0. The van der Waals surface area contributed by atoms with Gasteiger partial charge in [-0.3, -0.25) is 0 Å². The van der Waals surface area contributed by atoms with Crippen molar-refractivity contribution in [3.05, 3.63) is 133 Å². The fourth-order valence-corrected chi connectivity index (χ4v) is 6.48. The second-order valence-electron chi connectivity index (χ2n) is 10.2. The van der Waals surface area contributed by atoms with Gasteiger partial charge >= 0.3 is 0 Å². The monoisotopic (exact) mass is 498 g/mol. The van der Waals surface area contributed by atoms with Crippen LogP contribution < -0.4 is 4.74 Å². The van der Waals surface area contributed by atoms with Crippen LogP contribution in [0.1, 0.15) is 0 Å².